The summed E-state index contributed by atoms with van der Waals surface area (Å²) in [5.41, 5.74) is 5.38. The Kier molecular flexibility index (Phi) is 5.75. The van der Waals surface area contributed by atoms with Crippen molar-refractivity contribution in [1.82, 2.24) is 15.2 Å². The summed E-state index contributed by atoms with van der Waals surface area (Å²) in [6.07, 6.45) is 0.766. The van der Waals surface area contributed by atoms with Crippen molar-refractivity contribution in [2.75, 3.05) is 12.4 Å². The number of nitrogens with one attached hydrogen (secondary N) is 1. The Morgan fingerprint density at radius 2 is 2.20 bits per heavy atom. The van der Waals surface area contributed by atoms with E-state index in [2.05, 4.69) is 15.6 Å². The number of ether oxygens (including phenoxy) is 2. The molecule has 25 heavy (non-hydrogen) atoms. The van der Waals surface area contributed by atoms with Gasteiger partial charge in [-0.05, 0) is 25.0 Å². The van der Waals surface area contributed by atoms with Crippen LogP contribution >= 0.6 is 23.4 Å². The van der Waals surface area contributed by atoms with Gasteiger partial charge in [0.1, 0.15) is 11.4 Å². The van der Waals surface area contributed by atoms with Crippen LogP contribution in [-0.4, -0.2) is 33.6 Å². The second-order valence-corrected chi connectivity index (χ2v) is 7.11. The summed E-state index contributed by atoms with van der Waals surface area (Å²) in [5, 5.41) is 9.23. The smallest absolute Gasteiger partial charge is 0.260 e. The average molecular weight is 381 g/mol. The largest absolute Gasteiger partial charge is 0.492 e. The van der Waals surface area contributed by atoms with Gasteiger partial charge in [0.05, 0.1) is 17.3 Å². The van der Waals surface area contributed by atoms with Crippen LogP contribution in [0.3, 0.4) is 0 Å². The molecule has 0 saturated carbocycles. The number of para-hydroxylation sites is 1. The third-order valence-corrected chi connectivity index (χ3v) is 5.09. The molecule has 0 aliphatic carbocycles. The number of hydrogen-bond acceptors (Lipinski definition) is 6. The topological polar surface area (TPSA) is 60.7 Å². The molecular weight excluding hydrogens is 360 g/mol. The number of rotatable bonds is 7. The van der Waals surface area contributed by atoms with E-state index in [0.29, 0.717) is 23.2 Å². The Morgan fingerprint density at radius 3 is 2.92 bits per heavy atom. The number of hydrogen-bond donors (Lipinski definition) is 1. The van der Waals surface area contributed by atoms with E-state index in [1.807, 2.05) is 45.2 Å². The molecule has 0 radical (unpaired) electrons. The molecule has 1 N–H and O–H groups in total. The molecular formula is C17H21ClN4O2S. The maximum atomic E-state index is 6.37. The summed E-state index contributed by atoms with van der Waals surface area (Å²) < 4.78 is 13.3. The molecule has 2 heterocycles. The van der Waals surface area contributed by atoms with E-state index >= 15 is 0 Å². The minimum atomic E-state index is -0.258. The predicted molar refractivity (Wildman–Crippen MR) is 101 cm³/mol. The summed E-state index contributed by atoms with van der Waals surface area (Å²) in [7, 11) is 1.84. The van der Waals surface area contributed by atoms with Gasteiger partial charge in [0, 0.05) is 12.8 Å². The zero-order valence-corrected chi connectivity index (χ0v) is 16.0. The van der Waals surface area contributed by atoms with Gasteiger partial charge in [0.2, 0.25) is 5.56 Å². The van der Waals surface area contributed by atoms with E-state index in [9.17, 15) is 0 Å². The molecule has 0 bridgehead atoms. The number of thioether (sulfide) groups is 1. The molecule has 1 aromatic heterocycles. The number of hydrazone groups is 1. The average Bonchev–Trinajstić information content (AvgIpc) is 3.17. The predicted octanol–water partition coefficient (Wildman–Crippen LogP) is 3.32. The molecule has 0 fully saturated rings. The van der Waals surface area contributed by atoms with Gasteiger partial charge in [-0.25, -0.2) is 0 Å². The fourth-order valence-electron chi connectivity index (χ4n) is 2.48. The molecule has 1 aromatic carbocycles. The van der Waals surface area contributed by atoms with Crippen LogP contribution in [0.25, 0.3) is 0 Å². The van der Waals surface area contributed by atoms with Crippen LogP contribution in [0.1, 0.15) is 23.9 Å². The van der Waals surface area contributed by atoms with Crippen LogP contribution in [0, 0.1) is 6.92 Å². The Balaban J connectivity index is 1.48. The van der Waals surface area contributed by atoms with Gasteiger partial charge in [-0.2, -0.15) is 5.10 Å². The SMILES string of the molecule is CCc1nn(C)c(C2=NN[C@@H](SCCOc3ccccc3C)O2)c1Cl. The van der Waals surface area contributed by atoms with Crippen LogP contribution in [0.5, 0.6) is 5.75 Å². The summed E-state index contributed by atoms with van der Waals surface area (Å²) in [5.74, 6) is 2.15. The number of aromatic nitrogens is 2. The van der Waals surface area contributed by atoms with Gasteiger partial charge in [-0.3, -0.25) is 10.1 Å². The molecule has 134 valence electrons. The highest BCUT2D eigenvalue weighted by atomic mass is 35.5. The maximum Gasteiger partial charge on any atom is 0.260 e. The quantitative estimate of drug-likeness (QED) is 0.746. The van der Waals surface area contributed by atoms with Crippen molar-refractivity contribution in [3.8, 4) is 5.75 Å². The van der Waals surface area contributed by atoms with E-state index in [4.69, 9.17) is 21.1 Å². The van der Waals surface area contributed by atoms with Crippen molar-refractivity contribution in [2.45, 2.75) is 25.8 Å². The third-order valence-electron chi connectivity index (χ3n) is 3.79. The molecule has 1 aliphatic rings. The first kappa shape index (κ1) is 17.9. The molecule has 1 aliphatic heterocycles. The summed E-state index contributed by atoms with van der Waals surface area (Å²) in [6, 6.07) is 7.98. The zero-order valence-electron chi connectivity index (χ0n) is 14.5. The summed E-state index contributed by atoms with van der Waals surface area (Å²) >= 11 is 7.95. The second kappa shape index (κ2) is 8.01. The van der Waals surface area contributed by atoms with Crippen LogP contribution in [0.4, 0.5) is 0 Å². The first-order chi connectivity index (χ1) is 12.1. The van der Waals surface area contributed by atoms with Crippen molar-refractivity contribution >= 4 is 29.3 Å². The number of benzene rings is 1. The number of nitrogens with zero attached hydrogens (tertiary/aromatic N) is 3. The molecule has 0 unspecified atom stereocenters. The molecule has 6 nitrogen and oxygen atoms in total. The molecule has 8 heteroatoms. The van der Waals surface area contributed by atoms with Gasteiger partial charge in [0.15, 0.2) is 0 Å². The minimum Gasteiger partial charge on any atom is -0.492 e. The second-order valence-electron chi connectivity index (χ2n) is 5.57. The van der Waals surface area contributed by atoms with E-state index in [-0.39, 0.29) is 5.56 Å². The Morgan fingerprint density at radius 1 is 1.40 bits per heavy atom. The lowest BCUT2D eigenvalue weighted by molar-refractivity contribution is 0.277. The van der Waals surface area contributed by atoms with Crippen LogP contribution < -0.4 is 10.2 Å². The fourth-order valence-corrected chi connectivity index (χ4v) is 3.54. The lowest BCUT2D eigenvalue weighted by Gasteiger charge is -2.12. The van der Waals surface area contributed by atoms with E-state index in [1.54, 1.807) is 16.4 Å². The Bertz CT molecular complexity index is 778. The highest BCUT2D eigenvalue weighted by molar-refractivity contribution is 7.99. The monoisotopic (exact) mass is 380 g/mol. The van der Waals surface area contributed by atoms with Crippen molar-refractivity contribution < 1.29 is 9.47 Å². The normalized spacial score (nSPS) is 16.3. The summed E-state index contributed by atoms with van der Waals surface area (Å²) in [6.45, 7) is 4.64. The van der Waals surface area contributed by atoms with E-state index < -0.39 is 0 Å². The van der Waals surface area contributed by atoms with Crippen molar-refractivity contribution in [1.29, 1.82) is 0 Å². The van der Waals surface area contributed by atoms with Gasteiger partial charge < -0.3 is 9.47 Å². The molecule has 1 atom stereocenters. The molecule has 0 amide bonds. The third kappa shape index (κ3) is 4.04. The van der Waals surface area contributed by atoms with Gasteiger partial charge in [-0.1, -0.05) is 48.5 Å². The lowest BCUT2D eigenvalue weighted by Crippen LogP contribution is -2.20. The van der Waals surface area contributed by atoms with Crippen molar-refractivity contribution in [3.63, 3.8) is 0 Å². The lowest BCUT2D eigenvalue weighted by atomic mass is 10.2. The standard InChI is InChI=1S/C17H21ClN4O2S/c1-4-12-14(18)15(22(3)21-12)16-19-20-17(24-16)25-10-9-23-13-8-6-5-7-11(13)2/h5-8,17,20H,4,9-10H2,1-3H3/t17-/m1/s1. The van der Waals surface area contributed by atoms with Crippen molar-refractivity contribution in [3.05, 3.63) is 46.2 Å². The highest BCUT2D eigenvalue weighted by Gasteiger charge is 2.27. The number of aryl methyl sites for hydroxylation is 3. The van der Waals surface area contributed by atoms with Gasteiger partial charge in [-0.15, -0.1) is 5.10 Å². The van der Waals surface area contributed by atoms with Crippen LogP contribution in [0.15, 0.2) is 29.4 Å². The molecule has 2 aromatic rings. The highest BCUT2D eigenvalue weighted by Crippen LogP contribution is 2.25. The van der Waals surface area contributed by atoms with Crippen LogP contribution in [-0.2, 0) is 18.2 Å². The summed E-state index contributed by atoms with van der Waals surface area (Å²) in [4.78, 5) is 0. The Hall–Kier alpha value is -1.86. The molecule has 0 saturated heterocycles. The minimum absolute atomic E-state index is 0.258. The van der Waals surface area contributed by atoms with E-state index in [0.717, 1.165) is 29.2 Å². The number of halogens is 1. The zero-order chi connectivity index (χ0) is 17.8. The van der Waals surface area contributed by atoms with Gasteiger partial charge in [0.25, 0.3) is 5.90 Å². The Labute approximate surface area is 156 Å². The van der Waals surface area contributed by atoms with E-state index in [1.165, 1.54) is 0 Å². The fraction of sp³-hybridized carbons (Fsp3) is 0.412. The van der Waals surface area contributed by atoms with Crippen LogP contribution in [0.2, 0.25) is 5.02 Å². The molecule has 3 rings (SSSR count). The van der Waals surface area contributed by atoms with Crippen molar-refractivity contribution in [2.24, 2.45) is 12.1 Å². The molecule has 0 spiro atoms. The maximum absolute atomic E-state index is 6.37. The first-order valence-corrected chi connectivity index (χ1v) is 9.54. The first-order valence-electron chi connectivity index (χ1n) is 8.11. The van der Waals surface area contributed by atoms with Gasteiger partial charge >= 0.3 is 0 Å².